The minimum absolute atomic E-state index is 0.00589. The van der Waals surface area contributed by atoms with Crippen LogP contribution in [0.2, 0.25) is 0 Å². The number of non-ortho nitro benzene ring substituents is 1. The van der Waals surface area contributed by atoms with Gasteiger partial charge in [-0.1, -0.05) is 97.7 Å². The number of aliphatic hydroxyl groups is 2. The predicted octanol–water partition coefficient (Wildman–Crippen LogP) is 11.4. The summed E-state index contributed by atoms with van der Waals surface area (Å²) in [7, 11) is 0. The topological polar surface area (TPSA) is 172 Å². The van der Waals surface area contributed by atoms with Crippen LogP contribution in [0.25, 0.3) is 10.8 Å². The summed E-state index contributed by atoms with van der Waals surface area (Å²) in [5.41, 5.74) is 4.08. The minimum atomic E-state index is -1.49. The number of ether oxygens (including phenoxy) is 5. The molecule has 71 heavy (non-hydrogen) atoms. The molecule has 1 amide bonds. The first-order chi connectivity index (χ1) is 34.8. The lowest BCUT2D eigenvalue weighted by atomic mass is 9.55. The van der Waals surface area contributed by atoms with E-state index < -0.39 is 28.8 Å². The Kier molecular flexibility index (Phi) is 17.5. The number of rotatable bonds is 25. The average Bonchev–Trinajstić information content (AvgIpc) is 3.39. The highest BCUT2D eigenvalue weighted by molar-refractivity contribution is 6.03. The summed E-state index contributed by atoms with van der Waals surface area (Å²) >= 11 is 0. The van der Waals surface area contributed by atoms with Crippen LogP contribution in [0, 0.1) is 27.9 Å². The van der Waals surface area contributed by atoms with E-state index in [1.54, 1.807) is 23.1 Å². The highest BCUT2D eigenvalue weighted by atomic mass is 16.7. The number of nitro benzene ring substituents is 1. The van der Waals surface area contributed by atoms with Gasteiger partial charge in [0, 0.05) is 49.8 Å². The largest absolute Gasteiger partial charge is 0.459 e. The van der Waals surface area contributed by atoms with E-state index in [4.69, 9.17) is 33.7 Å². The van der Waals surface area contributed by atoms with Crippen LogP contribution in [0.5, 0.6) is 17.2 Å². The van der Waals surface area contributed by atoms with E-state index in [-0.39, 0.29) is 69.5 Å². The molecular formula is C57H65N3O11. The summed E-state index contributed by atoms with van der Waals surface area (Å²) in [6.45, 7) is 7.20. The van der Waals surface area contributed by atoms with Gasteiger partial charge in [0.25, 0.3) is 5.69 Å². The molecule has 5 aromatic carbocycles. The molecule has 3 aliphatic rings. The predicted molar refractivity (Wildman–Crippen MR) is 271 cm³/mol. The van der Waals surface area contributed by atoms with Gasteiger partial charge in [-0.25, -0.2) is 4.79 Å². The van der Waals surface area contributed by atoms with Crippen molar-refractivity contribution >= 4 is 28.3 Å². The first-order valence-electron chi connectivity index (χ1n) is 24.9. The first kappa shape index (κ1) is 50.8. The molecule has 1 aliphatic heterocycles. The van der Waals surface area contributed by atoms with Crippen molar-refractivity contribution in [3.63, 3.8) is 0 Å². The molecule has 2 aliphatic carbocycles. The standard InChI is InChI=1S/C57H65N3O11/c1-3-28-59(56(63)67-33-32-66-38-40-14-6-5-7-15-40)53-37-51(58-69-39-41-20-23-45(24-21-41)60(64)65)49-35-44(18-10-12-29-61)48(19-11-13-30-62)54-50-36-47(70-46-25-22-42-16-8-9-17-43(42)34-46)26-27-52(50)71-57(53,55(49)54)68-31-4-2/h4-9,14-17,20-27,34-36,44,48,53-55,61-62H,2-3,10-13,18-19,28-33,37-39H2,1H3. The Bertz CT molecular complexity index is 2640. The molecule has 6 atom stereocenters. The van der Waals surface area contributed by atoms with Crippen LogP contribution >= 0.6 is 0 Å². The summed E-state index contributed by atoms with van der Waals surface area (Å²) in [5.74, 6) is -0.409. The van der Waals surface area contributed by atoms with Crippen LogP contribution in [0.1, 0.15) is 80.9 Å². The third-order valence-electron chi connectivity index (χ3n) is 13.8. The van der Waals surface area contributed by atoms with Gasteiger partial charge in [0.2, 0.25) is 5.79 Å². The van der Waals surface area contributed by atoms with Gasteiger partial charge in [-0.05, 0) is 114 Å². The summed E-state index contributed by atoms with van der Waals surface area (Å²) < 4.78 is 33.1. The number of nitrogens with zero attached hydrogens (tertiary/aromatic N) is 3. The molecule has 14 nitrogen and oxygen atoms in total. The van der Waals surface area contributed by atoms with Crippen LogP contribution in [0.3, 0.4) is 0 Å². The lowest BCUT2D eigenvalue weighted by Gasteiger charge is -2.59. The molecule has 1 saturated carbocycles. The van der Waals surface area contributed by atoms with Crippen molar-refractivity contribution in [2.75, 3.05) is 39.6 Å². The van der Waals surface area contributed by atoms with E-state index in [2.05, 4.69) is 30.9 Å². The van der Waals surface area contributed by atoms with Crippen molar-refractivity contribution in [3.05, 3.63) is 166 Å². The summed E-state index contributed by atoms with van der Waals surface area (Å²) in [5, 5.41) is 38.6. The number of carbonyl (C=O) groups is 1. The fraction of sp³-hybridized carbons (Fsp3) is 0.404. The Balaban J connectivity index is 1.24. The zero-order chi connectivity index (χ0) is 49.6. The van der Waals surface area contributed by atoms with Crippen molar-refractivity contribution in [1.29, 1.82) is 0 Å². The maximum atomic E-state index is 14.7. The molecule has 0 saturated heterocycles. The maximum Gasteiger partial charge on any atom is 0.410 e. The molecular weight excluding hydrogens is 903 g/mol. The average molecular weight is 968 g/mol. The zero-order valence-corrected chi connectivity index (χ0v) is 40.4. The van der Waals surface area contributed by atoms with E-state index >= 15 is 0 Å². The summed E-state index contributed by atoms with van der Waals surface area (Å²) in [4.78, 5) is 33.6. The van der Waals surface area contributed by atoms with Gasteiger partial charge >= 0.3 is 6.09 Å². The van der Waals surface area contributed by atoms with Crippen molar-refractivity contribution < 1.29 is 48.5 Å². The van der Waals surface area contributed by atoms with Crippen LogP contribution in [-0.4, -0.2) is 83.2 Å². The van der Waals surface area contributed by atoms with E-state index in [0.717, 1.165) is 53.2 Å². The second kappa shape index (κ2) is 24.5. The Hall–Kier alpha value is -6.58. The zero-order valence-electron chi connectivity index (χ0n) is 40.4. The molecule has 6 unspecified atom stereocenters. The van der Waals surface area contributed by atoms with Gasteiger partial charge in [0.1, 0.15) is 36.5 Å². The number of benzene rings is 5. The summed E-state index contributed by atoms with van der Waals surface area (Å²) in [6, 6.07) is 35.2. The smallest absolute Gasteiger partial charge is 0.410 e. The number of carbonyl (C=O) groups excluding carboxylic acids is 1. The van der Waals surface area contributed by atoms with Crippen molar-refractivity contribution in [2.24, 2.45) is 22.9 Å². The normalized spacial score (nSPS) is 21.6. The van der Waals surface area contributed by atoms with E-state index in [1.807, 2.05) is 79.7 Å². The number of nitro groups is 1. The highest BCUT2D eigenvalue weighted by Gasteiger charge is 2.65. The molecule has 0 bridgehead atoms. The van der Waals surface area contributed by atoms with Crippen LogP contribution < -0.4 is 9.47 Å². The second-order valence-corrected chi connectivity index (χ2v) is 18.4. The van der Waals surface area contributed by atoms with E-state index in [1.165, 1.54) is 12.1 Å². The Morgan fingerprint density at radius 1 is 0.873 bits per heavy atom. The van der Waals surface area contributed by atoms with Crippen molar-refractivity contribution in [2.45, 2.75) is 89.3 Å². The SMILES string of the molecule is C=CCOC12Oc3ccc(Oc4ccc5ccccc5c4)cc3C3C(CCCCO)C(CCCCO)C=C(C(=NOCc4ccc([N+](=O)[O-])cc4)CC1N(CCC)C(=O)OCCOCc1ccccc1)C32. The molecule has 8 rings (SSSR count). The van der Waals surface area contributed by atoms with Gasteiger partial charge in [-0.2, -0.15) is 0 Å². The molecule has 5 aromatic rings. The number of aliphatic hydroxyl groups excluding tert-OH is 2. The first-order valence-corrected chi connectivity index (χ1v) is 24.9. The molecule has 1 fully saturated rings. The Morgan fingerprint density at radius 3 is 2.34 bits per heavy atom. The van der Waals surface area contributed by atoms with Crippen molar-refractivity contribution in [1.82, 2.24) is 4.90 Å². The van der Waals surface area contributed by atoms with Crippen LogP contribution in [-0.2, 0) is 32.3 Å². The number of amides is 1. The molecule has 14 heteroatoms. The maximum absolute atomic E-state index is 14.7. The van der Waals surface area contributed by atoms with Gasteiger partial charge < -0.3 is 38.7 Å². The third kappa shape index (κ3) is 12.0. The van der Waals surface area contributed by atoms with Crippen molar-refractivity contribution in [3.8, 4) is 17.2 Å². The van der Waals surface area contributed by atoms with Gasteiger partial charge in [0.15, 0.2) is 0 Å². The lowest BCUT2D eigenvalue weighted by Crippen LogP contribution is -2.70. The van der Waals surface area contributed by atoms with Gasteiger partial charge in [-0.15, -0.1) is 6.58 Å². The number of fused-ring (bicyclic) bond motifs is 3. The Labute approximate surface area is 415 Å². The quantitative estimate of drug-likeness (QED) is 0.0247. The number of hydrogen-bond donors (Lipinski definition) is 2. The fourth-order valence-corrected chi connectivity index (χ4v) is 10.6. The van der Waals surface area contributed by atoms with Crippen LogP contribution in [0.15, 0.2) is 145 Å². The number of unbranched alkanes of at least 4 members (excludes halogenated alkanes) is 2. The molecule has 0 spiro atoms. The monoisotopic (exact) mass is 967 g/mol. The third-order valence-corrected chi connectivity index (χ3v) is 13.8. The van der Waals surface area contributed by atoms with Crippen LogP contribution in [0.4, 0.5) is 10.5 Å². The molecule has 1 heterocycles. The van der Waals surface area contributed by atoms with E-state index in [0.29, 0.717) is 60.9 Å². The highest BCUT2D eigenvalue weighted by Crippen LogP contribution is 2.62. The fourth-order valence-electron chi connectivity index (χ4n) is 10.6. The van der Waals surface area contributed by atoms with E-state index in [9.17, 15) is 25.1 Å². The molecule has 0 radical (unpaired) electrons. The van der Waals surface area contributed by atoms with Gasteiger partial charge in [0.05, 0.1) is 36.4 Å². The minimum Gasteiger partial charge on any atom is -0.459 e. The Morgan fingerprint density at radius 2 is 1.59 bits per heavy atom. The summed E-state index contributed by atoms with van der Waals surface area (Å²) in [6.07, 6.45) is 8.53. The number of oxime groups is 1. The molecule has 374 valence electrons. The number of hydrogen-bond acceptors (Lipinski definition) is 12. The second-order valence-electron chi connectivity index (χ2n) is 18.4. The molecule has 0 aromatic heterocycles. The van der Waals surface area contributed by atoms with Gasteiger partial charge in [-0.3, -0.25) is 15.0 Å². The lowest BCUT2D eigenvalue weighted by molar-refractivity contribution is -0.384. The molecule has 2 N–H and O–H groups in total. The number of allylic oxidation sites excluding steroid dienone is 1.